The summed E-state index contributed by atoms with van der Waals surface area (Å²) < 4.78 is 12.9. The molecule has 2 nitrogen and oxygen atoms in total. The minimum Gasteiger partial charge on any atom is -0.393 e. The van der Waals surface area contributed by atoms with Crippen molar-refractivity contribution < 1.29 is 9.50 Å². The van der Waals surface area contributed by atoms with Crippen LogP contribution in [-0.4, -0.2) is 17.8 Å². The van der Waals surface area contributed by atoms with Crippen LogP contribution in [0.2, 0.25) is 0 Å². The second-order valence-electron chi connectivity index (χ2n) is 3.74. The van der Waals surface area contributed by atoms with Crippen LogP contribution in [-0.2, 0) is 0 Å². The average molecular weight is 195 g/mol. The fourth-order valence-corrected chi connectivity index (χ4v) is 1.87. The van der Waals surface area contributed by atoms with Gasteiger partial charge in [0.2, 0.25) is 0 Å². The summed E-state index contributed by atoms with van der Waals surface area (Å²) in [5.41, 5.74) is 0.920. The largest absolute Gasteiger partial charge is 0.393 e. The van der Waals surface area contributed by atoms with E-state index in [1.807, 2.05) is 6.07 Å². The van der Waals surface area contributed by atoms with Gasteiger partial charge >= 0.3 is 0 Å². The number of rotatable bonds is 1. The second-order valence-corrected chi connectivity index (χ2v) is 3.74. The minimum atomic E-state index is -0.260. The zero-order chi connectivity index (χ0) is 9.97. The summed E-state index contributed by atoms with van der Waals surface area (Å²) in [4.78, 5) is 0. The maximum Gasteiger partial charge on any atom is 0.123 e. The number of aliphatic hydroxyl groups excluding tert-OH is 1. The summed E-state index contributed by atoms with van der Waals surface area (Å²) in [6, 6.07) is 6.64. The zero-order valence-electron chi connectivity index (χ0n) is 7.91. The zero-order valence-corrected chi connectivity index (χ0v) is 7.91. The molecule has 1 aliphatic heterocycles. The van der Waals surface area contributed by atoms with E-state index in [-0.39, 0.29) is 18.0 Å². The Morgan fingerprint density at radius 2 is 2.29 bits per heavy atom. The minimum absolute atomic E-state index is 0.0921. The number of piperidine rings is 1. The van der Waals surface area contributed by atoms with Crippen molar-refractivity contribution in [3.63, 3.8) is 0 Å². The van der Waals surface area contributed by atoms with Crippen LogP contribution in [0.1, 0.15) is 24.4 Å². The van der Waals surface area contributed by atoms with Gasteiger partial charge in [0.1, 0.15) is 5.82 Å². The van der Waals surface area contributed by atoms with Gasteiger partial charge in [-0.15, -0.1) is 0 Å². The van der Waals surface area contributed by atoms with E-state index >= 15 is 0 Å². The molecule has 0 amide bonds. The van der Waals surface area contributed by atoms with Crippen molar-refractivity contribution in [1.29, 1.82) is 0 Å². The van der Waals surface area contributed by atoms with Gasteiger partial charge in [0, 0.05) is 6.04 Å². The number of hydrogen-bond donors (Lipinski definition) is 2. The van der Waals surface area contributed by atoms with Gasteiger partial charge in [-0.25, -0.2) is 4.39 Å². The fourth-order valence-electron chi connectivity index (χ4n) is 1.87. The van der Waals surface area contributed by atoms with Crippen LogP contribution in [0.25, 0.3) is 0 Å². The Morgan fingerprint density at radius 1 is 1.43 bits per heavy atom. The van der Waals surface area contributed by atoms with Crippen molar-refractivity contribution >= 4 is 0 Å². The van der Waals surface area contributed by atoms with Crippen LogP contribution in [0.5, 0.6) is 0 Å². The molecular weight excluding hydrogens is 181 g/mol. The van der Waals surface area contributed by atoms with Crippen molar-refractivity contribution in [1.82, 2.24) is 5.32 Å². The molecule has 1 aliphatic rings. The third-order valence-corrected chi connectivity index (χ3v) is 2.63. The molecule has 0 spiro atoms. The molecule has 76 valence electrons. The smallest absolute Gasteiger partial charge is 0.123 e. The van der Waals surface area contributed by atoms with Crippen molar-refractivity contribution in [3.8, 4) is 0 Å². The molecule has 0 radical (unpaired) electrons. The summed E-state index contributed by atoms with van der Waals surface area (Å²) >= 11 is 0. The van der Waals surface area contributed by atoms with Gasteiger partial charge in [-0.2, -0.15) is 0 Å². The molecule has 0 aliphatic carbocycles. The maximum absolute atomic E-state index is 12.9. The van der Waals surface area contributed by atoms with Crippen LogP contribution < -0.4 is 5.32 Å². The SMILES string of the molecule is OC1CCNC(c2cccc(F)c2)C1. The topological polar surface area (TPSA) is 32.3 Å². The van der Waals surface area contributed by atoms with E-state index in [4.69, 9.17) is 0 Å². The van der Waals surface area contributed by atoms with E-state index in [2.05, 4.69) is 5.32 Å². The Balaban J connectivity index is 2.14. The first-order valence-electron chi connectivity index (χ1n) is 4.92. The second kappa shape index (κ2) is 4.07. The van der Waals surface area contributed by atoms with E-state index in [0.717, 1.165) is 18.5 Å². The maximum atomic E-state index is 12.9. The van der Waals surface area contributed by atoms with Crippen LogP contribution in [0.3, 0.4) is 0 Å². The lowest BCUT2D eigenvalue weighted by Gasteiger charge is -2.27. The van der Waals surface area contributed by atoms with Gasteiger partial charge in [0.25, 0.3) is 0 Å². The van der Waals surface area contributed by atoms with Crippen LogP contribution in [0, 0.1) is 5.82 Å². The predicted molar refractivity (Wildman–Crippen MR) is 52.4 cm³/mol. The number of nitrogens with one attached hydrogen (secondary N) is 1. The van der Waals surface area contributed by atoms with Crippen molar-refractivity contribution in [2.45, 2.75) is 25.0 Å². The first-order chi connectivity index (χ1) is 6.75. The quantitative estimate of drug-likeness (QED) is 0.713. The Kier molecular flexibility index (Phi) is 2.79. The van der Waals surface area contributed by atoms with Gasteiger partial charge in [0.15, 0.2) is 0 Å². The van der Waals surface area contributed by atoms with Crippen LogP contribution in [0.15, 0.2) is 24.3 Å². The molecule has 2 atom stereocenters. The highest BCUT2D eigenvalue weighted by Gasteiger charge is 2.20. The van der Waals surface area contributed by atoms with Crippen molar-refractivity contribution in [2.24, 2.45) is 0 Å². The predicted octanol–water partition coefficient (Wildman–Crippen LogP) is 1.61. The molecule has 2 rings (SSSR count). The first kappa shape index (κ1) is 9.62. The first-order valence-corrected chi connectivity index (χ1v) is 4.92. The third kappa shape index (κ3) is 2.11. The van der Waals surface area contributed by atoms with E-state index in [1.54, 1.807) is 6.07 Å². The summed E-state index contributed by atoms with van der Waals surface area (Å²) in [5.74, 6) is -0.218. The van der Waals surface area contributed by atoms with Gasteiger partial charge in [0.05, 0.1) is 6.10 Å². The normalized spacial score (nSPS) is 27.6. The molecule has 1 saturated heterocycles. The molecule has 3 heteroatoms. The number of benzene rings is 1. The molecule has 1 aromatic rings. The lowest BCUT2D eigenvalue weighted by Crippen LogP contribution is -2.34. The number of hydrogen-bond acceptors (Lipinski definition) is 2. The Morgan fingerprint density at radius 3 is 3.00 bits per heavy atom. The van der Waals surface area contributed by atoms with Gasteiger partial charge in [-0.3, -0.25) is 0 Å². The fraction of sp³-hybridized carbons (Fsp3) is 0.455. The lowest BCUT2D eigenvalue weighted by atomic mass is 9.95. The molecule has 14 heavy (non-hydrogen) atoms. The molecule has 0 saturated carbocycles. The Labute approximate surface area is 82.8 Å². The lowest BCUT2D eigenvalue weighted by molar-refractivity contribution is 0.116. The molecule has 1 heterocycles. The molecule has 1 fully saturated rings. The van der Waals surface area contributed by atoms with E-state index < -0.39 is 0 Å². The number of halogens is 1. The highest BCUT2D eigenvalue weighted by Crippen LogP contribution is 2.23. The molecule has 0 aromatic heterocycles. The molecule has 2 unspecified atom stereocenters. The summed E-state index contributed by atoms with van der Waals surface area (Å²) in [6.07, 6.45) is 1.19. The van der Waals surface area contributed by atoms with E-state index in [1.165, 1.54) is 12.1 Å². The van der Waals surface area contributed by atoms with E-state index in [9.17, 15) is 9.50 Å². The Hall–Kier alpha value is -0.930. The molecular formula is C11H14FNO. The summed E-state index contributed by atoms with van der Waals surface area (Å²) in [7, 11) is 0. The number of aliphatic hydroxyl groups is 1. The molecule has 2 N–H and O–H groups in total. The van der Waals surface area contributed by atoms with Gasteiger partial charge in [-0.1, -0.05) is 12.1 Å². The highest BCUT2D eigenvalue weighted by atomic mass is 19.1. The average Bonchev–Trinajstić information content (AvgIpc) is 2.18. The third-order valence-electron chi connectivity index (χ3n) is 2.63. The van der Waals surface area contributed by atoms with Crippen molar-refractivity contribution in [3.05, 3.63) is 35.6 Å². The van der Waals surface area contributed by atoms with Crippen LogP contribution >= 0.6 is 0 Å². The Bertz CT molecular complexity index is 316. The van der Waals surface area contributed by atoms with Crippen LogP contribution in [0.4, 0.5) is 4.39 Å². The van der Waals surface area contributed by atoms with Gasteiger partial charge < -0.3 is 10.4 Å². The van der Waals surface area contributed by atoms with Gasteiger partial charge in [-0.05, 0) is 37.1 Å². The summed E-state index contributed by atoms with van der Waals surface area (Å²) in [6.45, 7) is 0.794. The van der Waals surface area contributed by atoms with E-state index in [0.29, 0.717) is 6.42 Å². The monoisotopic (exact) mass is 195 g/mol. The standard InChI is InChI=1S/C11H14FNO/c12-9-3-1-2-8(6-9)11-7-10(14)4-5-13-11/h1-3,6,10-11,13-14H,4-5,7H2. The molecule has 0 bridgehead atoms. The molecule has 1 aromatic carbocycles. The highest BCUT2D eigenvalue weighted by molar-refractivity contribution is 5.20. The summed E-state index contributed by atoms with van der Waals surface area (Å²) in [5, 5.41) is 12.7. The van der Waals surface area contributed by atoms with Crippen molar-refractivity contribution in [2.75, 3.05) is 6.54 Å².